The molecule has 2 aromatic carbocycles. The van der Waals surface area contributed by atoms with E-state index in [1.54, 1.807) is 18.2 Å². The molecule has 0 saturated carbocycles. The molecule has 0 radical (unpaired) electrons. The van der Waals surface area contributed by atoms with Gasteiger partial charge in [-0.3, -0.25) is 4.79 Å². The van der Waals surface area contributed by atoms with E-state index < -0.39 is 0 Å². The summed E-state index contributed by atoms with van der Waals surface area (Å²) in [5.41, 5.74) is 4.20. The minimum atomic E-state index is -0.268. The number of rotatable bonds is 3. The van der Waals surface area contributed by atoms with Gasteiger partial charge in [-0.1, -0.05) is 36.8 Å². The van der Waals surface area contributed by atoms with Gasteiger partial charge in [0.15, 0.2) is 0 Å². The quantitative estimate of drug-likeness (QED) is 0.500. The lowest BCUT2D eigenvalue weighted by molar-refractivity contribution is 0.102. The molecule has 146 valence electrons. The van der Waals surface area contributed by atoms with E-state index in [9.17, 15) is 9.59 Å². The number of nitrogens with one attached hydrogen (secondary N) is 3. The maximum atomic E-state index is 13.1. The Labute approximate surface area is 166 Å². The van der Waals surface area contributed by atoms with Crippen LogP contribution in [0.4, 0.5) is 5.69 Å². The Balaban J connectivity index is 1.53. The number of fused-ring (bicyclic) bond motifs is 2. The third-order valence-electron chi connectivity index (χ3n) is 5.39. The topological polar surface area (TPSA) is 95.6 Å². The number of hydrogen-bond donors (Lipinski definition) is 3. The fourth-order valence-corrected chi connectivity index (χ4v) is 4.01. The van der Waals surface area contributed by atoms with Crippen molar-refractivity contribution in [2.45, 2.75) is 32.2 Å². The lowest BCUT2D eigenvalue weighted by Gasteiger charge is -2.09. The van der Waals surface area contributed by atoms with E-state index in [0.29, 0.717) is 22.4 Å². The molecule has 0 unspecified atom stereocenters. The molecule has 29 heavy (non-hydrogen) atoms. The van der Waals surface area contributed by atoms with Crippen LogP contribution < -0.4 is 11.0 Å². The Morgan fingerprint density at radius 2 is 1.83 bits per heavy atom. The molecule has 0 fully saturated rings. The molecule has 1 aliphatic heterocycles. The molecule has 0 bridgehead atoms. The summed E-state index contributed by atoms with van der Waals surface area (Å²) in [7, 11) is 0. The fourth-order valence-electron chi connectivity index (χ4n) is 4.01. The number of aromatic amines is 2. The lowest BCUT2D eigenvalue weighted by atomic mass is 10.1. The summed E-state index contributed by atoms with van der Waals surface area (Å²) in [6.45, 7) is 0.871. The highest BCUT2D eigenvalue weighted by Crippen LogP contribution is 2.28. The van der Waals surface area contributed by atoms with Gasteiger partial charge >= 0.3 is 5.69 Å². The number of benzene rings is 2. The van der Waals surface area contributed by atoms with Crippen LogP contribution in [0.1, 0.15) is 35.4 Å². The number of amides is 1. The van der Waals surface area contributed by atoms with Gasteiger partial charge in [-0.25, -0.2) is 9.78 Å². The lowest BCUT2D eigenvalue weighted by Crippen LogP contribution is -2.15. The van der Waals surface area contributed by atoms with Crippen molar-refractivity contribution in [2.75, 3.05) is 5.32 Å². The molecule has 1 amide bonds. The molecule has 1 aliphatic rings. The van der Waals surface area contributed by atoms with Crippen molar-refractivity contribution in [1.82, 2.24) is 19.5 Å². The van der Waals surface area contributed by atoms with Crippen molar-refractivity contribution < 1.29 is 4.79 Å². The van der Waals surface area contributed by atoms with Crippen molar-refractivity contribution in [2.24, 2.45) is 0 Å². The van der Waals surface area contributed by atoms with Crippen LogP contribution in [0.5, 0.6) is 0 Å². The van der Waals surface area contributed by atoms with E-state index in [1.165, 1.54) is 0 Å². The maximum absolute atomic E-state index is 13.1. The van der Waals surface area contributed by atoms with E-state index in [0.717, 1.165) is 49.3 Å². The smallest absolute Gasteiger partial charge is 0.323 e. The molecule has 3 N–H and O–H groups in total. The summed E-state index contributed by atoms with van der Waals surface area (Å²) in [4.78, 5) is 34.7. The van der Waals surface area contributed by atoms with Gasteiger partial charge in [-0.15, -0.1) is 0 Å². The molecule has 7 heteroatoms. The molecule has 7 nitrogen and oxygen atoms in total. The fraction of sp³-hybridized carbons (Fsp3) is 0.227. The first-order valence-electron chi connectivity index (χ1n) is 9.87. The second kappa shape index (κ2) is 7.09. The van der Waals surface area contributed by atoms with Gasteiger partial charge in [0.25, 0.3) is 5.91 Å². The third kappa shape index (κ3) is 3.24. The second-order valence-corrected chi connectivity index (χ2v) is 7.35. The van der Waals surface area contributed by atoms with Crippen LogP contribution in [0, 0.1) is 0 Å². The first-order valence-corrected chi connectivity index (χ1v) is 9.87. The summed E-state index contributed by atoms with van der Waals surface area (Å²) in [5, 5.41) is 2.94. The Morgan fingerprint density at radius 3 is 2.69 bits per heavy atom. The zero-order valence-electron chi connectivity index (χ0n) is 15.9. The molecule has 4 aromatic rings. The first kappa shape index (κ1) is 17.5. The number of carbonyl (C=O) groups excluding carboxylic acids is 1. The highest BCUT2D eigenvalue weighted by Gasteiger charge is 2.24. The summed E-state index contributed by atoms with van der Waals surface area (Å²) < 4.78 is 2.20. The average molecular weight is 387 g/mol. The van der Waals surface area contributed by atoms with E-state index in [2.05, 4.69) is 19.9 Å². The van der Waals surface area contributed by atoms with Crippen LogP contribution in [0.15, 0.2) is 53.3 Å². The molecule has 2 aromatic heterocycles. The maximum Gasteiger partial charge on any atom is 0.323 e. The molecule has 0 saturated heterocycles. The molecule has 3 heterocycles. The van der Waals surface area contributed by atoms with Crippen LogP contribution >= 0.6 is 0 Å². The minimum absolute atomic E-state index is 0.227. The highest BCUT2D eigenvalue weighted by molar-refractivity contribution is 6.05. The van der Waals surface area contributed by atoms with Crippen molar-refractivity contribution in [3.8, 4) is 11.4 Å². The number of aromatic nitrogens is 4. The normalized spacial score (nSPS) is 13.8. The Kier molecular flexibility index (Phi) is 4.27. The predicted molar refractivity (Wildman–Crippen MR) is 112 cm³/mol. The summed E-state index contributed by atoms with van der Waals surface area (Å²) in [5.74, 6) is 0.619. The van der Waals surface area contributed by atoms with Gasteiger partial charge in [-0.2, -0.15) is 0 Å². The van der Waals surface area contributed by atoms with Gasteiger partial charge < -0.3 is 19.9 Å². The van der Waals surface area contributed by atoms with Crippen molar-refractivity contribution >= 4 is 22.6 Å². The monoisotopic (exact) mass is 387 g/mol. The van der Waals surface area contributed by atoms with Crippen LogP contribution in [0.25, 0.3) is 22.4 Å². The van der Waals surface area contributed by atoms with Crippen LogP contribution in [0.3, 0.4) is 0 Å². The van der Waals surface area contributed by atoms with Gasteiger partial charge in [0.05, 0.1) is 16.7 Å². The van der Waals surface area contributed by atoms with Gasteiger partial charge in [0.1, 0.15) is 11.5 Å². The van der Waals surface area contributed by atoms with Crippen LogP contribution in [0.2, 0.25) is 0 Å². The van der Waals surface area contributed by atoms with Crippen molar-refractivity contribution in [3.05, 3.63) is 70.4 Å². The van der Waals surface area contributed by atoms with E-state index >= 15 is 0 Å². The number of H-pyrrole nitrogens is 2. The number of anilines is 1. The SMILES string of the molecule is O=C(Nc1ccc2[nH]c(=O)[nH]c2c1)c1nc(-c2ccccc2)n2c1CCCCC2. The van der Waals surface area contributed by atoms with Crippen LogP contribution in [-0.4, -0.2) is 25.4 Å². The Bertz CT molecular complexity index is 1250. The zero-order chi connectivity index (χ0) is 19.8. The zero-order valence-corrected chi connectivity index (χ0v) is 15.9. The number of hydrogen-bond acceptors (Lipinski definition) is 3. The Morgan fingerprint density at radius 1 is 1.00 bits per heavy atom. The number of nitrogens with zero attached hydrogens (tertiary/aromatic N) is 2. The van der Waals surface area contributed by atoms with Crippen LogP contribution in [-0.2, 0) is 13.0 Å². The predicted octanol–water partition coefficient (Wildman–Crippen LogP) is 3.70. The van der Waals surface area contributed by atoms with Crippen molar-refractivity contribution in [3.63, 3.8) is 0 Å². The Hall–Kier alpha value is -3.61. The van der Waals surface area contributed by atoms with Gasteiger partial charge in [0.2, 0.25) is 0 Å². The molecule has 0 spiro atoms. The summed E-state index contributed by atoms with van der Waals surface area (Å²) >= 11 is 0. The standard InChI is InChI=1S/C22H21N5O2/c28-21(23-15-10-11-16-17(13-15)25-22(29)24-16)19-18-9-5-2-6-12-27(18)20(26-19)14-7-3-1-4-8-14/h1,3-4,7-8,10-11,13H,2,5-6,9,12H2,(H,23,28)(H2,24,25,29). The third-order valence-corrected chi connectivity index (χ3v) is 5.39. The second-order valence-electron chi connectivity index (χ2n) is 7.35. The van der Waals surface area contributed by atoms with Gasteiger partial charge in [-0.05, 0) is 37.5 Å². The average Bonchev–Trinajstić information content (AvgIpc) is 3.18. The summed E-state index contributed by atoms with van der Waals surface area (Å²) in [6.07, 6.45) is 4.12. The van der Waals surface area contributed by atoms with Crippen molar-refractivity contribution in [1.29, 1.82) is 0 Å². The van der Waals surface area contributed by atoms with E-state index in [1.807, 2.05) is 30.3 Å². The molecule has 0 aliphatic carbocycles. The molecular formula is C22H21N5O2. The molecule has 0 atom stereocenters. The first-order chi connectivity index (χ1) is 14.2. The number of carbonyl (C=O) groups is 1. The summed E-state index contributed by atoms with van der Waals surface area (Å²) in [6, 6.07) is 15.3. The molecular weight excluding hydrogens is 366 g/mol. The van der Waals surface area contributed by atoms with E-state index in [-0.39, 0.29) is 11.6 Å². The largest absolute Gasteiger partial charge is 0.327 e. The van der Waals surface area contributed by atoms with Gasteiger partial charge in [0, 0.05) is 17.8 Å². The molecule has 5 rings (SSSR count). The van der Waals surface area contributed by atoms with E-state index in [4.69, 9.17) is 4.98 Å². The number of imidazole rings is 2. The minimum Gasteiger partial charge on any atom is -0.327 e. The highest BCUT2D eigenvalue weighted by atomic mass is 16.2.